The van der Waals surface area contributed by atoms with Crippen molar-refractivity contribution in [2.24, 2.45) is 0 Å². The highest BCUT2D eigenvalue weighted by molar-refractivity contribution is 7.99. The van der Waals surface area contributed by atoms with E-state index in [9.17, 15) is 0 Å². The monoisotopic (exact) mass is 216 g/mol. The lowest BCUT2D eigenvalue weighted by molar-refractivity contribution is 0.361. The molecule has 0 radical (unpaired) electrons. The Balaban J connectivity index is 2.39. The van der Waals surface area contributed by atoms with Crippen LogP contribution in [0.25, 0.3) is 0 Å². The molecule has 74 valence electrons. The molecular weight excluding hydrogens is 200 g/mol. The third-order valence-electron chi connectivity index (χ3n) is 2.03. The van der Waals surface area contributed by atoms with Crippen LogP contribution in [0.4, 0.5) is 0 Å². The Labute approximate surface area is 89.8 Å². The molecular formula is C9H16N2S2. The van der Waals surface area contributed by atoms with E-state index in [0.29, 0.717) is 6.04 Å². The highest BCUT2D eigenvalue weighted by Crippen LogP contribution is 2.15. The van der Waals surface area contributed by atoms with Gasteiger partial charge in [-0.25, -0.2) is 0 Å². The maximum atomic E-state index is 5.27. The van der Waals surface area contributed by atoms with E-state index in [-0.39, 0.29) is 0 Å². The average molecular weight is 216 g/mol. The number of nitrogens with zero attached hydrogens (tertiary/aromatic N) is 1. The van der Waals surface area contributed by atoms with Gasteiger partial charge in [0.2, 0.25) is 0 Å². The van der Waals surface area contributed by atoms with Crippen LogP contribution in [0, 0.1) is 0 Å². The Hall–Kier alpha value is -0.220. The van der Waals surface area contributed by atoms with E-state index in [2.05, 4.69) is 23.7 Å². The Bertz CT molecular complexity index is 194. The quantitative estimate of drug-likeness (QED) is 0.555. The average Bonchev–Trinajstić information content (AvgIpc) is 2.15. The third kappa shape index (κ3) is 3.19. The van der Waals surface area contributed by atoms with Crippen molar-refractivity contribution in [1.29, 1.82) is 0 Å². The molecule has 0 aromatic carbocycles. The number of thiocarbonyl (C=S) groups is 1. The van der Waals surface area contributed by atoms with Gasteiger partial charge in [-0.05, 0) is 19.1 Å². The van der Waals surface area contributed by atoms with Crippen molar-refractivity contribution < 1.29 is 0 Å². The zero-order valence-corrected chi connectivity index (χ0v) is 9.59. The number of nitrogens with one attached hydrogen (secondary N) is 1. The van der Waals surface area contributed by atoms with Crippen LogP contribution in [0.3, 0.4) is 0 Å². The predicted molar refractivity (Wildman–Crippen MR) is 64.3 cm³/mol. The zero-order chi connectivity index (χ0) is 9.68. The van der Waals surface area contributed by atoms with Gasteiger partial charge in [0, 0.05) is 30.6 Å². The minimum Gasteiger partial charge on any atom is -0.359 e. The molecule has 1 rings (SSSR count). The van der Waals surface area contributed by atoms with Gasteiger partial charge in [0.25, 0.3) is 0 Å². The Morgan fingerprint density at radius 3 is 3.23 bits per heavy atom. The summed E-state index contributed by atoms with van der Waals surface area (Å²) in [5.41, 5.74) is 0. The van der Waals surface area contributed by atoms with E-state index in [4.69, 9.17) is 12.2 Å². The maximum absolute atomic E-state index is 5.27. The van der Waals surface area contributed by atoms with Crippen molar-refractivity contribution in [2.75, 3.05) is 24.6 Å². The van der Waals surface area contributed by atoms with Gasteiger partial charge in [-0.3, -0.25) is 0 Å². The number of hydrogen-bond acceptors (Lipinski definition) is 2. The molecule has 0 aromatic heterocycles. The molecule has 1 unspecified atom stereocenters. The summed E-state index contributed by atoms with van der Waals surface area (Å²) in [6.45, 7) is 7.69. The van der Waals surface area contributed by atoms with Crippen LogP contribution in [-0.4, -0.2) is 40.6 Å². The molecule has 1 fully saturated rings. The fourth-order valence-electron chi connectivity index (χ4n) is 1.29. The van der Waals surface area contributed by atoms with Gasteiger partial charge < -0.3 is 10.2 Å². The first-order chi connectivity index (χ1) is 6.25. The second kappa shape index (κ2) is 5.50. The second-order valence-electron chi connectivity index (χ2n) is 3.09. The van der Waals surface area contributed by atoms with Crippen LogP contribution in [-0.2, 0) is 0 Å². The van der Waals surface area contributed by atoms with E-state index in [1.54, 1.807) is 0 Å². The molecule has 0 aliphatic carbocycles. The molecule has 0 amide bonds. The third-order valence-corrected chi connectivity index (χ3v) is 3.59. The second-order valence-corrected chi connectivity index (χ2v) is 4.63. The summed E-state index contributed by atoms with van der Waals surface area (Å²) in [6.07, 6.45) is 1.83. The summed E-state index contributed by atoms with van der Waals surface area (Å²) in [7, 11) is 0. The van der Waals surface area contributed by atoms with E-state index >= 15 is 0 Å². The number of rotatable bonds is 2. The SMILES string of the molecule is C=CCNC(=S)N1CCSCC1C. The van der Waals surface area contributed by atoms with Crippen molar-refractivity contribution in [3.05, 3.63) is 12.7 Å². The molecule has 1 heterocycles. The molecule has 1 aliphatic heterocycles. The van der Waals surface area contributed by atoms with Gasteiger partial charge in [0.1, 0.15) is 0 Å². The summed E-state index contributed by atoms with van der Waals surface area (Å²) < 4.78 is 0. The van der Waals surface area contributed by atoms with Crippen molar-refractivity contribution >= 4 is 29.1 Å². The van der Waals surface area contributed by atoms with Crippen LogP contribution in [0.2, 0.25) is 0 Å². The largest absolute Gasteiger partial charge is 0.359 e. The van der Waals surface area contributed by atoms with Gasteiger partial charge in [0.15, 0.2) is 5.11 Å². The van der Waals surface area contributed by atoms with E-state index in [1.807, 2.05) is 17.8 Å². The van der Waals surface area contributed by atoms with Gasteiger partial charge in [0.05, 0.1) is 0 Å². The summed E-state index contributed by atoms with van der Waals surface area (Å²) in [4.78, 5) is 2.26. The highest BCUT2D eigenvalue weighted by atomic mass is 32.2. The lowest BCUT2D eigenvalue weighted by Gasteiger charge is -2.35. The maximum Gasteiger partial charge on any atom is 0.169 e. The molecule has 13 heavy (non-hydrogen) atoms. The zero-order valence-electron chi connectivity index (χ0n) is 7.95. The van der Waals surface area contributed by atoms with Crippen LogP contribution >= 0.6 is 24.0 Å². The predicted octanol–water partition coefficient (Wildman–Crippen LogP) is 1.48. The fraction of sp³-hybridized carbons (Fsp3) is 0.667. The fourth-order valence-corrected chi connectivity index (χ4v) is 2.66. The number of thioether (sulfide) groups is 1. The smallest absolute Gasteiger partial charge is 0.169 e. The van der Waals surface area contributed by atoms with Crippen LogP contribution < -0.4 is 5.32 Å². The van der Waals surface area contributed by atoms with E-state index in [1.165, 1.54) is 11.5 Å². The highest BCUT2D eigenvalue weighted by Gasteiger charge is 2.20. The van der Waals surface area contributed by atoms with Gasteiger partial charge in [-0.1, -0.05) is 6.08 Å². The number of hydrogen-bond donors (Lipinski definition) is 1. The van der Waals surface area contributed by atoms with Gasteiger partial charge >= 0.3 is 0 Å². The van der Waals surface area contributed by atoms with Crippen molar-refractivity contribution in [1.82, 2.24) is 10.2 Å². The van der Waals surface area contributed by atoms with E-state index < -0.39 is 0 Å². The summed E-state index contributed by atoms with van der Waals surface area (Å²) in [5, 5.41) is 4.03. The molecule has 2 nitrogen and oxygen atoms in total. The van der Waals surface area contributed by atoms with Crippen LogP contribution in [0.1, 0.15) is 6.92 Å². The minimum atomic E-state index is 0.559. The minimum absolute atomic E-state index is 0.559. The Morgan fingerprint density at radius 1 is 1.85 bits per heavy atom. The summed E-state index contributed by atoms with van der Waals surface area (Å²) >= 11 is 7.27. The molecule has 1 aliphatic rings. The molecule has 1 atom stereocenters. The molecule has 0 aromatic rings. The molecule has 0 saturated carbocycles. The first-order valence-electron chi connectivity index (χ1n) is 4.49. The van der Waals surface area contributed by atoms with Gasteiger partial charge in [-0.2, -0.15) is 11.8 Å². The van der Waals surface area contributed by atoms with Crippen molar-refractivity contribution in [3.63, 3.8) is 0 Å². The van der Waals surface area contributed by atoms with Gasteiger partial charge in [-0.15, -0.1) is 6.58 Å². The van der Waals surface area contributed by atoms with Crippen molar-refractivity contribution in [2.45, 2.75) is 13.0 Å². The summed E-state index contributed by atoms with van der Waals surface area (Å²) in [5.74, 6) is 2.36. The van der Waals surface area contributed by atoms with Crippen LogP contribution in [0.15, 0.2) is 12.7 Å². The lowest BCUT2D eigenvalue weighted by atomic mass is 10.3. The molecule has 0 bridgehead atoms. The first-order valence-corrected chi connectivity index (χ1v) is 6.05. The van der Waals surface area contributed by atoms with E-state index in [0.717, 1.165) is 18.2 Å². The molecule has 1 N–H and O–H groups in total. The topological polar surface area (TPSA) is 15.3 Å². The van der Waals surface area contributed by atoms with Crippen LogP contribution in [0.5, 0.6) is 0 Å². The Kier molecular flexibility index (Phi) is 4.59. The first kappa shape index (κ1) is 10.9. The standard InChI is InChI=1S/C9H16N2S2/c1-3-4-10-9(12)11-5-6-13-7-8(11)2/h3,8H,1,4-7H2,2H3,(H,10,12). The molecule has 0 spiro atoms. The molecule has 1 saturated heterocycles. The lowest BCUT2D eigenvalue weighted by Crippen LogP contribution is -2.49. The summed E-state index contributed by atoms with van der Waals surface area (Å²) in [6, 6.07) is 0.559. The van der Waals surface area contributed by atoms with Crippen molar-refractivity contribution in [3.8, 4) is 0 Å². The molecule has 4 heteroatoms. The normalized spacial score (nSPS) is 22.5. The Morgan fingerprint density at radius 2 is 2.62 bits per heavy atom.